The molecule has 0 spiro atoms. The monoisotopic (exact) mass is 182 g/mol. The fourth-order valence-electron chi connectivity index (χ4n) is 3.28. The molecule has 13 heavy (non-hydrogen) atoms. The number of aliphatic carboxylic acids is 1. The molecule has 2 aliphatic carbocycles. The summed E-state index contributed by atoms with van der Waals surface area (Å²) >= 11 is 0. The van der Waals surface area contributed by atoms with E-state index < -0.39 is 5.97 Å². The largest absolute Gasteiger partial charge is 0.481 e. The first-order chi connectivity index (χ1) is 6.26. The van der Waals surface area contributed by atoms with Crippen molar-refractivity contribution in [1.29, 1.82) is 0 Å². The molecule has 0 atom stereocenters. The minimum absolute atomic E-state index is 0.309. The van der Waals surface area contributed by atoms with Crippen molar-refractivity contribution in [2.45, 2.75) is 51.4 Å². The van der Waals surface area contributed by atoms with Crippen molar-refractivity contribution in [3.05, 3.63) is 0 Å². The van der Waals surface area contributed by atoms with Crippen LogP contribution in [0.1, 0.15) is 51.4 Å². The fourth-order valence-corrected chi connectivity index (χ4v) is 3.28. The average molecular weight is 182 g/mol. The smallest absolute Gasteiger partial charge is 0.309 e. The maximum Gasteiger partial charge on any atom is 0.309 e. The summed E-state index contributed by atoms with van der Waals surface area (Å²) in [4.78, 5) is 11.3. The highest BCUT2D eigenvalue weighted by molar-refractivity contribution is 5.75. The normalized spacial score (nSPS) is 28.0. The quantitative estimate of drug-likeness (QED) is 0.713. The van der Waals surface area contributed by atoms with Crippen LogP contribution >= 0.6 is 0 Å². The van der Waals surface area contributed by atoms with Crippen LogP contribution in [0.4, 0.5) is 0 Å². The van der Waals surface area contributed by atoms with Crippen LogP contribution in [-0.4, -0.2) is 11.1 Å². The SMILES string of the molecule is O=C(O)C1(C2CCCC2)CCCC1. The molecule has 2 aliphatic rings. The van der Waals surface area contributed by atoms with E-state index in [0.717, 1.165) is 38.5 Å². The van der Waals surface area contributed by atoms with Crippen LogP contribution in [0.3, 0.4) is 0 Å². The standard InChI is InChI=1S/C11H18O2/c12-10(13)11(7-3-4-8-11)9-5-1-2-6-9/h9H,1-8H2,(H,12,13). The summed E-state index contributed by atoms with van der Waals surface area (Å²) in [6, 6.07) is 0. The lowest BCUT2D eigenvalue weighted by Crippen LogP contribution is -2.34. The zero-order chi connectivity index (χ0) is 9.31. The summed E-state index contributed by atoms with van der Waals surface area (Å²) < 4.78 is 0. The van der Waals surface area contributed by atoms with Gasteiger partial charge in [0.25, 0.3) is 0 Å². The van der Waals surface area contributed by atoms with Gasteiger partial charge in [-0.2, -0.15) is 0 Å². The Morgan fingerprint density at radius 1 is 1.08 bits per heavy atom. The molecule has 2 saturated carbocycles. The van der Waals surface area contributed by atoms with E-state index >= 15 is 0 Å². The van der Waals surface area contributed by atoms with Gasteiger partial charge < -0.3 is 5.11 Å². The van der Waals surface area contributed by atoms with Gasteiger partial charge in [-0.05, 0) is 31.6 Å². The van der Waals surface area contributed by atoms with Crippen LogP contribution in [0.15, 0.2) is 0 Å². The van der Waals surface area contributed by atoms with E-state index in [-0.39, 0.29) is 5.41 Å². The summed E-state index contributed by atoms with van der Waals surface area (Å²) in [6.45, 7) is 0. The van der Waals surface area contributed by atoms with Crippen molar-refractivity contribution in [2.75, 3.05) is 0 Å². The highest BCUT2D eigenvalue weighted by Crippen LogP contribution is 2.50. The Morgan fingerprint density at radius 3 is 2.08 bits per heavy atom. The first-order valence-corrected chi connectivity index (χ1v) is 5.49. The zero-order valence-corrected chi connectivity index (χ0v) is 8.09. The number of carbonyl (C=O) groups is 1. The molecule has 0 saturated heterocycles. The van der Waals surface area contributed by atoms with Gasteiger partial charge in [-0.15, -0.1) is 0 Å². The van der Waals surface area contributed by atoms with Crippen LogP contribution in [0.5, 0.6) is 0 Å². The van der Waals surface area contributed by atoms with Crippen LogP contribution in [0.25, 0.3) is 0 Å². The first kappa shape index (κ1) is 9.04. The molecule has 74 valence electrons. The van der Waals surface area contributed by atoms with Crippen molar-refractivity contribution < 1.29 is 9.90 Å². The van der Waals surface area contributed by atoms with Crippen molar-refractivity contribution in [3.63, 3.8) is 0 Å². The molecule has 0 radical (unpaired) electrons. The Labute approximate surface area is 79.3 Å². The molecule has 0 aliphatic heterocycles. The van der Waals surface area contributed by atoms with Crippen LogP contribution in [0.2, 0.25) is 0 Å². The van der Waals surface area contributed by atoms with Gasteiger partial charge in [0, 0.05) is 0 Å². The Morgan fingerprint density at radius 2 is 1.62 bits per heavy atom. The lowest BCUT2D eigenvalue weighted by atomic mass is 9.73. The second-order valence-corrected chi connectivity index (χ2v) is 4.65. The Kier molecular flexibility index (Phi) is 2.31. The molecule has 2 fully saturated rings. The van der Waals surface area contributed by atoms with Crippen molar-refractivity contribution in [1.82, 2.24) is 0 Å². The molecular weight excluding hydrogens is 164 g/mol. The highest BCUT2D eigenvalue weighted by Gasteiger charge is 2.48. The number of hydrogen-bond donors (Lipinski definition) is 1. The third-order valence-corrected chi connectivity index (χ3v) is 4.06. The van der Waals surface area contributed by atoms with Gasteiger partial charge >= 0.3 is 5.97 Å². The van der Waals surface area contributed by atoms with Gasteiger partial charge in [-0.25, -0.2) is 0 Å². The van der Waals surface area contributed by atoms with E-state index in [1.807, 2.05) is 0 Å². The maximum absolute atomic E-state index is 11.3. The third-order valence-electron chi connectivity index (χ3n) is 4.06. The molecule has 2 nitrogen and oxygen atoms in total. The lowest BCUT2D eigenvalue weighted by Gasteiger charge is -2.30. The second-order valence-electron chi connectivity index (χ2n) is 4.65. The highest BCUT2D eigenvalue weighted by atomic mass is 16.4. The molecular formula is C11H18O2. The van der Waals surface area contributed by atoms with Crippen LogP contribution in [0, 0.1) is 11.3 Å². The van der Waals surface area contributed by atoms with Crippen molar-refractivity contribution in [3.8, 4) is 0 Å². The van der Waals surface area contributed by atoms with Gasteiger partial charge in [-0.1, -0.05) is 25.7 Å². The number of carboxylic acids is 1. The minimum Gasteiger partial charge on any atom is -0.481 e. The maximum atomic E-state index is 11.3. The van der Waals surface area contributed by atoms with Crippen molar-refractivity contribution >= 4 is 5.97 Å². The molecule has 0 aromatic rings. The molecule has 2 heteroatoms. The summed E-state index contributed by atoms with van der Waals surface area (Å²) in [5.41, 5.74) is -0.309. The summed E-state index contributed by atoms with van der Waals surface area (Å²) in [7, 11) is 0. The molecule has 0 aromatic heterocycles. The van der Waals surface area contributed by atoms with E-state index in [1.165, 1.54) is 12.8 Å². The van der Waals surface area contributed by atoms with Gasteiger partial charge in [0.15, 0.2) is 0 Å². The van der Waals surface area contributed by atoms with E-state index in [1.54, 1.807) is 0 Å². The van der Waals surface area contributed by atoms with Gasteiger partial charge in [0.1, 0.15) is 0 Å². The van der Waals surface area contributed by atoms with Crippen LogP contribution in [-0.2, 0) is 4.79 Å². The number of rotatable bonds is 2. The predicted molar refractivity (Wildman–Crippen MR) is 50.5 cm³/mol. The molecule has 0 bridgehead atoms. The summed E-state index contributed by atoms with van der Waals surface area (Å²) in [5, 5.41) is 9.32. The van der Waals surface area contributed by atoms with Gasteiger partial charge in [-0.3, -0.25) is 4.79 Å². The molecule has 2 rings (SSSR count). The lowest BCUT2D eigenvalue weighted by molar-refractivity contribution is -0.152. The Balaban J connectivity index is 2.16. The first-order valence-electron chi connectivity index (χ1n) is 5.49. The molecule has 1 N–H and O–H groups in total. The zero-order valence-electron chi connectivity index (χ0n) is 8.09. The molecule has 0 aromatic carbocycles. The van der Waals surface area contributed by atoms with E-state index in [2.05, 4.69) is 0 Å². The van der Waals surface area contributed by atoms with E-state index in [9.17, 15) is 9.90 Å². The number of hydrogen-bond acceptors (Lipinski definition) is 1. The minimum atomic E-state index is -0.517. The van der Waals surface area contributed by atoms with Crippen molar-refractivity contribution in [2.24, 2.45) is 11.3 Å². The molecule has 0 amide bonds. The van der Waals surface area contributed by atoms with Gasteiger partial charge in [0.2, 0.25) is 0 Å². The van der Waals surface area contributed by atoms with Gasteiger partial charge in [0.05, 0.1) is 5.41 Å². The average Bonchev–Trinajstić information content (AvgIpc) is 2.75. The van der Waals surface area contributed by atoms with E-state index in [0.29, 0.717) is 5.92 Å². The van der Waals surface area contributed by atoms with Crippen LogP contribution < -0.4 is 0 Å². The fraction of sp³-hybridized carbons (Fsp3) is 0.909. The Hall–Kier alpha value is -0.530. The third kappa shape index (κ3) is 1.36. The second kappa shape index (κ2) is 3.32. The number of carboxylic acid groups (broad SMARTS) is 1. The molecule has 0 unspecified atom stereocenters. The summed E-state index contributed by atoms with van der Waals surface area (Å²) in [6.07, 6.45) is 8.95. The predicted octanol–water partition coefficient (Wildman–Crippen LogP) is 2.82. The Bertz CT molecular complexity index is 198. The topological polar surface area (TPSA) is 37.3 Å². The molecule has 0 heterocycles. The van der Waals surface area contributed by atoms with E-state index in [4.69, 9.17) is 0 Å². The summed E-state index contributed by atoms with van der Waals surface area (Å²) in [5.74, 6) is -0.0237.